The summed E-state index contributed by atoms with van der Waals surface area (Å²) in [6.45, 7) is 2.89. The van der Waals surface area contributed by atoms with Crippen LogP contribution in [0, 0.1) is 0 Å². The summed E-state index contributed by atoms with van der Waals surface area (Å²) in [5, 5.41) is 22.6. The molecule has 5 heterocycles. The molecule has 0 aliphatic carbocycles. The molecule has 2 aromatic heterocycles. The lowest BCUT2D eigenvalue weighted by atomic mass is 9.93. The van der Waals surface area contributed by atoms with E-state index >= 15 is 0 Å². The lowest BCUT2D eigenvalue weighted by Crippen LogP contribution is -2.50. The number of piperidine rings is 1. The number of aromatic nitrogens is 2. The Morgan fingerprint density at radius 3 is 2.65 bits per heavy atom. The number of pyridine rings is 2. The summed E-state index contributed by atoms with van der Waals surface area (Å²) in [7, 11) is 0. The quantitative estimate of drug-likeness (QED) is 0.481. The number of ether oxygens (including phenoxy) is 2. The Morgan fingerprint density at radius 2 is 1.89 bits per heavy atom. The first kappa shape index (κ1) is 24.2. The van der Waals surface area contributed by atoms with Crippen LogP contribution in [0.5, 0.6) is 11.5 Å². The third-order valence-electron chi connectivity index (χ3n) is 7.53. The number of β-amino-alcohol motifs (C(OH)–C–C–N with tert-alkyl or cyclic N) is 1. The van der Waals surface area contributed by atoms with Gasteiger partial charge in [-0.3, -0.25) is 19.6 Å². The van der Waals surface area contributed by atoms with E-state index < -0.39 is 11.7 Å². The van der Waals surface area contributed by atoms with E-state index in [1.54, 1.807) is 22.9 Å². The number of carbonyl (C=O) groups is 1. The van der Waals surface area contributed by atoms with Crippen LogP contribution in [0.3, 0.4) is 0 Å². The van der Waals surface area contributed by atoms with E-state index in [1.807, 2.05) is 12.1 Å². The van der Waals surface area contributed by atoms with E-state index in [0.717, 1.165) is 20.9 Å². The van der Waals surface area contributed by atoms with Gasteiger partial charge in [-0.25, -0.2) is 4.79 Å². The number of amides is 1. The van der Waals surface area contributed by atoms with Crippen LogP contribution in [0.15, 0.2) is 45.8 Å². The highest BCUT2D eigenvalue weighted by Crippen LogP contribution is 2.41. The minimum atomic E-state index is -1.22. The molecule has 37 heavy (non-hydrogen) atoms. The van der Waals surface area contributed by atoms with Crippen molar-refractivity contribution in [2.45, 2.75) is 37.6 Å². The Bertz CT molecular complexity index is 1440. The molecule has 1 unspecified atom stereocenters. The maximum Gasteiger partial charge on any atom is 0.407 e. The van der Waals surface area contributed by atoms with Crippen LogP contribution in [0.2, 0.25) is 0 Å². The molecule has 1 aromatic carbocycles. The molecule has 6 rings (SSSR count). The fraction of sp³-hybridized carbons (Fsp3) is 0.423. The lowest BCUT2D eigenvalue weighted by molar-refractivity contribution is -0.0190. The van der Waals surface area contributed by atoms with Crippen LogP contribution in [0.4, 0.5) is 4.79 Å². The molecule has 3 aliphatic heterocycles. The van der Waals surface area contributed by atoms with Gasteiger partial charge in [0.05, 0.1) is 30.5 Å². The standard InChI is InChI=1S/C26H27BrN4O6/c27-19-3-1-16-2-4-22(32)31-15-26(35,23(19)24(16)31)14-29-7-5-18(6-8-29)30(25(33)34)13-17-11-20-21(12-28-17)37-10-9-36-20/h1-4,11-12,18,35H,5-10,13-15H2,(H,33,34). The largest absolute Gasteiger partial charge is 0.486 e. The first-order valence-corrected chi connectivity index (χ1v) is 13.1. The van der Waals surface area contributed by atoms with Crippen molar-refractivity contribution in [1.29, 1.82) is 0 Å². The molecule has 0 spiro atoms. The van der Waals surface area contributed by atoms with E-state index in [2.05, 4.69) is 25.8 Å². The zero-order chi connectivity index (χ0) is 25.7. The summed E-state index contributed by atoms with van der Waals surface area (Å²) in [6.07, 6.45) is 1.85. The van der Waals surface area contributed by atoms with Crippen molar-refractivity contribution in [3.05, 3.63) is 62.6 Å². The number of aliphatic hydroxyl groups is 1. The summed E-state index contributed by atoms with van der Waals surface area (Å²) in [5.41, 5.74) is 0.757. The fourth-order valence-corrected chi connectivity index (χ4v) is 6.49. The number of likely N-dealkylation sites (tertiary alicyclic amines) is 1. The van der Waals surface area contributed by atoms with E-state index in [1.165, 1.54) is 11.0 Å². The highest BCUT2D eigenvalue weighted by atomic mass is 79.9. The fourth-order valence-electron chi connectivity index (χ4n) is 5.80. The SMILES string of the molecule is O=C(O)N(Cc1cc2c(cn1)OCCO2)C1CCN(CC2(O)Cn3c(=O)ccc4ccc(Br)c2c43)CC1. The van der Waals surface area contributed by atoms with Crippen molar-refractivity contribution in [1.82, 2.24) is 19.4 Å². The van der Waals surface area contributed by atoms with Crippen LogP contribution in [0.1, 0.15) is 24.1 Å². The number of hydrogen-bond acceptors (Lipinski definition) is 7. The number of hydrogen-bond donors (Lipinski definition) is 2. The predicted octanol–water partition coefficient (Wildman–Crippen LogP) is 2.78. The van der Waals surface area contributed by atoms with Crippen molar-refractivity contribution in [2.24, 2.45) is 0 Å². The van der Waals surface area contributed by atoms with E-state index in [-0.39, 0.29) is 24.7 Å². The molecule has 0 saturated carbocycles. The number of carboxylic acid groups (broad SMARTS) is 1. The van der Waals surface area contributed by atoms with Gasteiger partial charge in [0.1, 0.15) is 18.8 Å². The van der Waals surface area contributed by atoms with Gasteiger partial charge in [-0.1, -0.05) is 22.0 Å². The molecule has 194 valence electrons. The average Bonchev–Trinajstić information content (AvgIpc) is 3.21. The van der Waals surface area contributed by atoms with Gasteiger partial charge >= 0.3 is 6.09 Å². The third-order valence-corrected chi connectivity index (χ3v) is 8.19. The molecule has 3 aromatic rings. The van der Waals surface area contributed by atoms with Gasteiger partial charge < -0.3 is 24.3 Å². The van der Waals surface area contributed by atoms with Crippen molar-refractivity contribution in [3.63, 3.8) is 0 Å². The van der Waals surface area contributed by atoms with E-state index in [9.17, 15) is 19.8 Å². The van der Waals surface area contributed by atoms with Crippen LogP contribution in [0.25, 0.3) is 10.9 Å². The van der Waals surface area contributed by atoms with Crippen molar-refractivity contribution < 1.29 is 24.5 Å². The van der Waals surface area contributed by atoms with Gasteiger partial charge in [0.2, 0.25) is 0 Å². The Kier molecular flexibility index (Phi) is 6.09. The maximum absolute atomic E-state index is 12.5. The second kappa shape index (κ2) is 9.30. The molecule has 0 bridgehead atoms. The minimum absolute atomic E-state index is 0.133. The molecule has 1 amide bonds. The number of benzene rings is 1. The monoisotopic (exact) mass is 570 g/mol. The zero-order valence-corrected chi connectivity index (χ0v) is 21.7. The zero-order valence-electron chi connectivity index (χ0n) is 20.1. The van der Waals surface area contributed by atoms with Gasteiger partial charge in [-0.15, -0.1) is 0 Å². The molecule has 3 aliphatic rings. The topological polar surface area (TPSA) is 117 Å². The van der Waals surface area contributed by atoms with Crippen LogP contribution in [-0.4, -0.2) is 74.5 Å². The summed E-state index contributed by atoms with van der Waals surface area (Å²) in [4.78, 5) is 32.7. The molecule has 1 fully saturated rings. The molecule has 11 heteroatoms. The Balaban J connectivity index is 1.15. The minimum Gasteiger partial charge on any atom is -0.486 e. The Morgan fingerprint density at radius 1 is 1.16 bits per heavy atom. The van der Waals surface area contributed by atoms with Crippen molar-refractivity contribution in [3.8, 4) is 11.5 Å². The van der Waals surface area contributed by atoms with Gasteiger partial charge in [0.25, 0.3) is 5.56 Å². The first-order valence-electron chi connectivity index (χ1n) is 12.3. The van der Waals surface area contributed by atoms with Crippen molar-refractivity contribution in [2.75, 3.05) is 32.8 Å². The van der Waals surface area contributed by atoms with Gasteiger partial charge in [-0.05, 0) is 30.4 Å². The summed E-state index contributed by atoms with van der Waals surface area (Å²) in [5.74, 6) is 1.16. The average molecular weight is 571 g/mol. The predicted molar refractivity (Wildman–Crippen MR) is 138 cm³/mol. The van der Waals surface area contributed by atoms with Crippen LogP contribution >= 0.6 is 15.9 Å². The molecule has 10 nitrogen and oxygen atoms in total. The number of fused-ring (bicyclic) bond motifs is 1. The summed E-state index contributed by atoms with van der Waals surface area (Å²) in [6, 6.07) is 8.75. The molecule has 2 N–H and O–H groups in total. The van der Waals surface area contributed by atoms with E-state index in [0.29, 0.717) is 62.9 Å². The molecular formula is C26H27BrN4O6. The second-order valence-electron chi connectivity index (χ2n) is 9.89. The molecular weight excluding hydrogens is 544 g/mol. The van der Waals surface area contributed by atoms with Crippen LogP contribution < -0.4 is 15.0 Å². The van der Waals surface area contributed by atoms with Gasteiger partial charge in [0, 0.05) is 47.8 Å². The Labute approximate surface area is 221 Å². The highest BCUT2D eigenvalue weighted by molar-refractivity contribution is 9.10. The lowest BCUT2D eigenvalue weighted by Gasteiger charge is -2.40. The first-order chi connectivity index (χ1) is 17.8. The van der Waals surface area contributed by atoms with Crippen LogP contribution in [-0.2, 0) is 18.7 Å². The summed E-state index contributed by atoms with van der Waals surface area (Å²) < 4.78 is 13.5. The maximum atomic E-state index is 12.5. The Hall–Kier alpha value is -3.15. The smallest absolute Gasteiger partial charge is 0.407 e. The molecule has 1 atom stereocenters. The highest BCUT2D eigenvalue weighted by Gasteiger charge is 2.42. The number of nitrogens with zero attached hydrogens (tertiary/aromatic N) is 4. The van der Waals surface area contributed by atoms with Gasteiger partial charge in [0.15, 0.2) is 11.5 Å². The second-order valence-corrected chi connectivity index (χ2v) is 10.7. The molecule has 0 radical (unpaired) electrons. The third kappa shape index (κ3) is 4.34. The summed E-state index contributed by atoms with van der Waals surface area (Å²) >= 11 is 3.59. The number of rotatable bonds is 5. The number of halogens is 1. The molecule has 1 saturated heterocycles. The van der Waals surface area contributed by atoms with Crippen molar-refractivity contribution >= 4 is 32.9 Å². The van der Waals surface area contributed by atoms with Gasteiger partial charge in [-0.2, -0.15) is 0 Å². The normalized spacial score (nSPS) is 21.4. The van der Waals surface area contributed by atoms with E-state index in [4.69, 9.17) is 9.47 Å².